The molecule has 1 heterocycles. The molecule has 0 saturated heterocycles. The number of anilines is 1. The van der Waals surface area contributed by atoms with Gasteiger partial charge in [-0.25, -0.2) is 0 Å². The molecule has 0 bridgehead atoms. The number of thiocarbonyl (C=S) groups is 1. The van der Waals surface area contributed by atoms with Gasteiger partial charge in [0.25, 0.3) is 5.91 Å². The Hall–Kier alpha value is -0.990. The van der Waals surface area contributed by atoms with E-state index >= 15 is 0 Å². The summed E-state index contributed by atoms with van der Waals surface area (Å²) in [6, 6.07) is 10.6. The van der Waals surface area contributed by atoms with Crippen molar-refractivity contribution in [1.29, 1.82) is 0 Å². The fourth-order valence-electron chi connectivity index (χ4n) is 1.84. The lowest BCUT2D eigenvalue weighted by molar-refractivity contribution is 0.0905. The molecule has 0 saturated carbocycles. The number of nitrogens with one attached hydrogen (secondary N) is 3. The van der Waals surface area contributed by atoms with Crippen molar-refractivity contribution < 1.29 is 9.21 Å². The van der Waals surface area contributed by atoms with E-state index in [4.69, 9.17) is 51.4 Å². The van der Waals surface area contributed by atoms with E-state index in [1.165, 1.54) is 6.07 Å². The first-order chi connectivity index (χ1) is 11.7. The number of furan rings is 1. The number of hydrogen-bond acceptors (Lipinski definition) is 3. The Balaban J connectivity index is 2.06. The summed E-state index contributed by atoms with van der Waals surface area (Å²) in [6.45, 7) is 1.92. The van der Waals surface area contributed by atoms with Gasteiger partial charge in [-0.2, -0.15) is 0 Å². The monoisotopic (exact) mass is 483 g/mol. The minimum absolute atomic E-state index is 0.0608. The van der Waals surface area contributed by atoms with Gasteiger partial charge < -0.3 is 20.4 Å². The standard InChI is InChI=1S/C15H13BrCl3N3O2S/c1-8-4-2-3-5-9(8)20-14(25)22-13(15(17,18)19)21-12(23)10-6-7-11(16)24-10/h2-7,13H,1H3,(H,21,23)(H2,20,22,25)/t13-/m1/s1. The largest absolute Gasteiger partial charge is 0.444 e. The summed E-state index contributed by atoms with van der Waals surface area (Å²) in [7, 11) is 0. The number of hydrogen-bond donors (Lipinski definition) is 3. The second-order valence-corrected chi connectivity index (χ2v) is 8.52. The van der Waals surface area contributed by atoms with Gasteiger partial charge in [0.05, 0.1) is 0 Å². The molecule has 1 aromatic heterocycles. The zero-order valence-electron chi connectivity index (χ0n) is 12.8. The van der Waals surface area contributed by atoms with Crippen LogP contribution in [0.5, 0.6) is 0 Å². The maximum atomic E-state index is 12.2. The molecule has 10 heteroatoms. The molecule has 1 aromatic carbocycles. The third kappa shape index (κ3) is 6.04. The van der Waals surface area contributed by atoms with E-state index < -0.39 is 15.9 Å². The molecule has 0 aliphatic heterocycles. The van der Waals surface area contributed by atoms with Crippen LogP contribution in [-0.4, -0.2) is 21.0 Å². The summed E-state index contributed by atoms with van der Waals surface area (Å²) in [5.74, 6) is -0.501. The van der Waals surface area contributed by atoms with E-state index in [0.29, 0.717) is 4.67 Å². The first-order valence-corrected chi connectivity index (χ1v) is 9.26. The van der Waals surface area contributed by atoms with E-state index in [1.807, 2.05) is 31.2 Å². The summed E-state index contributed by atoms with van der Waals surface area (Å²) in [6.07, 6.45) is -1.09. The first kappa shape index (κ1) is 20.3. The number of para-hydroxylation sites is 1. The lowest BCUT2D eigenvalue weighted by atomic mass is 10.2. The van der Waals surface area contributed by atoms with Crippen molar-refractivity contribution in [3.63, 3.8) is 0 Å². The van der Waals surface area contributed by atoms with Gasteiger partial charge in [0.2, 0.25) is 3.79 Å². The zero-order valence-corrected chi connectivity index (χ0v) is 17.4. The van der Waals surface area contributed by atoms with Gasteiger partial charge in [-0.15, -0.1) is 0 Å². The van der Waals surface area contributed by atoms with Gasteiger partial charge in [0.15, 0.2) is 15.5 Å². The topological polar surface area (TPSA) is 66.3 Å². The van der Waals surface area contributed by atoms with Crippen molar-refractivity contribution in [1.82, 2.24) is 10.6 Å². The van der Waals surface area contributed by atoms with Crippen LogP contribution in [0.2, 0.25) is 0 Å². The van der Waals surface area contributed by atoms with Crippen molar-refractivity contribution in [2.45, 2.75) is 16.9 Å². The number of rotatable bonds is 4. The van der Waals surface area contributed by atoms with Crippen molar-refractivity contribution >= 4 is 79.7 Å². The molecule has 5 nitrogen and oxygen atoms in total. The van der Waals surface area contributed by atoms with Crippen LogP contribution in [0.25, 0.3) is 0 Å². The Morgan fingerprint density at radius 2 is 1.88 bits per heavy atom. The Kier molecular flexibility index (Phi) is 6.99. The van der Waals surface area contributed by atoms with Crippen LogP contribution in [0, 0.1) is 6.92 Å². The number of amides is 1. The lowest BCUT2D eigenvalue weighted by Crippen LogP contribution is -2.56. The van der Waals surface area contributed by atoms with Crippen LogP contribution < -0.4 is 16.0 Å². The molecule has 0 aliphatic carbocycles. The predicted octanol–water partition coefficient (Wildman–Crippen LogP) is 4.76. The molecule has 0 aliphatic rings. The maximum Gasteiger partial charge on any atom is 0.288 e. The average Bonchev–Trinajstić information content (AvgIpc) is 2.94. The Morgan fingerprint density at radius 1 is 1.20 bits per heavy atom. The Morgan fingerprint density at radius 3 is 2.44 bits per heavy atom. The lowest BCUT2D eigenvalue weighted by Gasteiger charge is -2.27. The predicted molar refractivity (Wildman–Crippen MR) is 108 cm³/mol. The highest BCUT2D eigenvalue weighted by Gasteiger charge is 2.35. The minimum atomic E-state index is -1.85. The second kappa shape index (κ2) is 8.60. The molecule has 0 fully saturated rings. The van der Waals surface area contributed by atoms with Crippen molar-refractivity contribution in [3.05, 3.63) is 52.4 Å². The second-order valence-electron chi connectivity index (χ2n) is 4.97. The van der Waals surface area contributed by atoms with Gasteiger partial charge in [-0.3, -0.25) is 4.79 Å². The quantitative estimate of drug-likeness (QED) is 0.331. The number of halogens is 4. The van der Waals surface area contributed by atoms with Gasteiger partial charge >= 0.3 is 0 Å². The fraction of sp³-hybridized carbons (Fsp3) is 0.200. The highest BCUT2D eigenvalue weighted by molar-refractivity contribution is 9.10. The molecule has 2 aromatic rings. The van der Waals surface area contributed by atoms with Crippen LogP contribution in [0.4, 0.5) is 5.69 Å². The molecule has 0 radical (unpaired) electrons. The molecule has 1 atom stereocenters. The number of aryl methyl sites for hydroxylation is 1. The van der Waals surface area contributed by atoms with Crippen LogP contribution in [0.3, 0.4) is 0 Å². The summed E-state index contributed by atoms with van der Waals surface area (Å²) in [4.78, 5) is 12.2. The fourth-order valence-corrected chi connectivity index (χ4v) is 2.70. The Labute approximate surface area is 173 Å². The Bertz CT molecular complexity index is 779. The molecule has 0 unspecified atom stereocenters. The third-order valence-corrected chi connectivity index (χ3v) is 4.37. The first-order valence-electron chi connectivity index (χ1n) is 6.93. The average molecular weight is 486 g/mol. The summed E-state index contributed by atoms with van der Waals surface area (Å²) in [5.41, 5.74) is 1.78. The molecule has 25 heavy (non-hydrogen) atoms. The maximum absolute atomic E-state index is 12.2. The third-order valence-electron chi connectivity index (χ3n) is 3.07. The molecular formula is C15H13BrCl3N3O2S. The molecule has 3 N–H and O–H groups in total. The van der Waals surface area contributed by atoms with E-state index in [0.717, 1.165) is 11.3 Å². The molecule has 1 amide bonds. The highest BCUT2D eigenvalue weighted by atomic mass is 79.9. The van der Waals surface area contributed by atoms with Crippen LogP contribution in [0.1, 0.15) is 16.1 Å². The summed E-state index contributed by atoms with van der Waals surface area (Å²) < 4.78 is 3.73. The molecule has 2 rings (SSSR count). The molecule has 0 spiro atoms. The minimum Gasteiger partial charge on any atom is -0.444 e. The van der Waals surface area contributed by atoms with Gasteiger partial charge in [0, 0.05) is 5.69 Å². The van der Waals surface area contributed by atoms with Crippen molar-refractivity contribution in [2.24, 2.45) is 0 Å². The number of carbonyl (C=O) groups excluding carboxylic acids is 1. The van der Waals surface area contributed by atoms with Crippen molar-refractivity contribution in [2.75, 3.05) is 5.32 Å². The normalized spacial score (nSPS) is 12.4. The summed E-state index contributed by atoms with van der Waals surface area (Å²) >= 11 is 26.2. The smallest absolute Gasteiger partial charge is 0.288 e. The number of benzene rings is 1. The van der Waals surface area contributed by atoms with Gasteiger partial charge in [-0.1, -0.05) is 53.0 Å². The summed E-state index contributed by atoms with van der Waals surface area (Å²) in [5, 5.41) is 8.49. The van der Waals surface area contributed by atoms with E-state index in [2.05, 4.69) is 31.9 Å². The van der Waals surface area contributed by atoms with E-state index in [9.17, 15) is 4.79 Å². The highest BCUT2D eigenvalue weighted by Crippen LogP contribution is 2.29. The van der Waals surface area contributed by atoms with E-state index in [-0.39, 0.29) is 10.9 Å². The number of carbonyl (C=O) groups is 1. The van der Waals surface area contributed by atoms with Crippen molar-refractivity contribution in [3.8, 4) is 0 Å². The van der Waals surface area contributed by atoms with Crippen LogP contribution in [0.15, 0.2) is 45.5 Å². The van der Waals surface area contributed by atoms with Crippen LogP contribution >= 0.6 is 63.0 Å². The zero-order chi connectivity index (χ0) is 18.6. The number of alkyl halides is 3. The van der Waals surface area contributed by atoms with Crippen LogP contribution in [-0.2, 0) is 0 Å². The van der Waals surface area contributed by atoms with E-state index in [1.54, 1.807) is 6.07 Å². The molecular weight excluding hydrogens is 473 g/mol. The SMILES string of the molecule is Cc1ccccc1NC(=S)N[C@@H](NC(=O)c1ccc(Br)o1)C(Cl)(Cl)Cl. The molecule has 134 valence electrons. The van der Waals surface area contributed by atoms with Gasteiger partial charge in [-0.05, 0) is 58.8 Å². The van der Waals surface area contributed by atoms with Gasteiger partial charge in [0.1, 0.15) is 6.17 Å².